The van der Waals surface area contributed by atoms with Crippen molar-refractivity contribution < 1.29 is 40.6 Å². The first-order chi connectivity index (χ1) is 16.7. The number of hydrogen-bond acceptors (Lipinski definition) is 3. The molecule has 36 heavy (non-hydrogen) atoms. The van der Waals surface area contributed by atoms with Gasteiger partial charge in [0.15, 0.2) is 6.10 Å². The van der Waals surface area contributed by atoms with Crippen molar-refractivity contribution in [1.29, 1.82) is 0 Å². The minimum atomic E-state index is -4.95. The molecule has 0 fully saturated rings. The summed E-state index contributed by atoms with van der Waals surface area (Å²) in [6.07, 6.45) is -12.5. The zero-order chi connectivity index (χ0) is 26.7. The van der Waals surface area contributed by atoms with Crippen LogP contribution >= 0.6 is 0 Å². The molecule has 0 aliphatic heterocycles. The average Bonchev–Trinajstić information content (AvgIpc) is 2.76. The van der Waals surface area contributed by atoms with Crippen molar-refractivity contribution in [2.24, 2.45) is 0 Å². The molecule has 3 nitrogen and oxygen atoms in total. The molecule has 3 aromatic carbocycles. The molecule has 1 unspecified atom stereocenters. The normalized spacial score (nSPS) is 12.9. The van der Waals surface area contributed by atoms with Crippen molar-refractivity contribution in [2.45, 2.75) is 45.5 Å². The van der Waals surface area contributed by atoms with Crippen molar-refractivity contribution in [3.05, 3.63) is 94.3 Å². The minimum Gasteiger partial charge on any atom is -0.489 e. The summed E-state index contributed by atoms with van der Waals surface area (Å²) >= 11 is 0. The van der Waals surface area contributed by atoms with Crippen LogP contribution in [0.25, 0.3) is 0 Å². The quantitative estimate of drug-likeness (QED) is 0.329. The number of halogens is 7. The molecule has 0 spiro atoms. The van der Waals surface area contributed by atoms with Gasteiger partial charge >= 0.3 is 12.4 Å². The fourth-order valence-electron chi connectivity index (χ4n) is 3.72. The van der Waals surface area contributed by atoms with Crippen LogP contribution in [0.4, 0.5) is 36.4 Å². The predicted molar refractivity (Wildman–Crippen MR) is 121 cm³/mol. The molecule has 0 radical (unpaired) electrons. The number of aliphatic hydroxyl groups excluding tert-OH is 1. The Hall–Kier alpha value is -3.27. The summed E-state index contributed by atoms with van der Waals surface area (Å²) in [5.74, 6) is -0.912. The summed E-state index contributed by atoms with van der Waals surface area (Å²) in [5, 5.41) is 9.65. The molecule has 1 N–H and O–H groups in total. The zero-order valence-corrected chi connectivity index (χ0v) is 19.4. The van der Waals surface area contributed by atoms with E-state index in [1.165, 1.54) is 18.2 Å². The standard InChI is InChI=1S/C26H24F7NO2/c1-16-8-17(2)10-18(9-16)15-36-22-5-3-4-21(12-22)34(14-24(35)26(31,32)33)13-19-6-7-20(11-23(19)27)25(28,29)30/h3-12,24,35H,13-15H2,1-2H3. The smallest absolute Gasteiger partial charge is 0.416 e. The molecule has 0 bridgehead atoms. The van der Waals surface area contributed by atoms with E-state index in [0.29, 0.717) is 11.8 Å². The van der Waals surface area contributed by atoms with Crippen LogP contribution in [-0.2, 0) is 19.3 Å². The Morgan fingerprint density at radius 1 is 0.889 bits per heavy atom. The van der Waals surface area contributed by atoms with Gasteiger partial charge in [0.05, 0.1) is 12.1 Å². The maximum Gasteiger partial charge on any atom is 0.416 e. The van der Waals surface area contributed by atoms with Gasteiger partial charge < -0.3 is 14.7 Å². The molecule has 3 aromatic rings. The predicted octanol–water partition coefficient (Wildman–Crippen LogP) is 6.97. The summed E-state index contributed by atoms with van der Waals surface area (Å²) < 4.78 is 98.1. The van der Waals surface area contributed by atoms with Gasteiger partial charge in [-0.1, -0.05) is 41.5 Å². The van der Waals surface area contributed by atoms with Crippen LogP contribution in [0.15, 0.2) is 60.7 Å². The van der Waals surface area contributed by atoms with Gasteiger partial charge in [0, 0.05) is 23.9 Å². The van der Waals surface area contributed by atoms with E-state index in [2.05, 4.69) is 0 Å². The minimum absolute atomic E-state index is 0.163. The second-order valence-corrected chi connectivity index (χ2v) is 8.52. The number of aliphatic hydroxyl groups is 1. The lowest BCUT2D eigenvalue weighted by Gasteiger charge is -2.29. The summed E-state index contributed by atoms with van der Waals surface area (Å²) in [4.78, 5) is 1.04. The van der Waals surface area contributed by atoms with Crippen molar-refractivity contribution in [1.82, 2.24) is 0 Å². The Balaban J connectivity index is 1.87. The third-order valence-electron chi connectivity index (χ3n) is 5.38. The number of anilines is 1. The highest BCUT2D eigenvalue weighted by atomic mass is 19.4. The maximum absolute atomic E-state index is 14.4. The van der Waals surface area contributed by atoms with Gasteiger partial charge in [-0.05, 0) is 43.7 Å². The first kappa shape index (κ1) is 27.3. The topological polar surface area (TPSA) is 32.7 Å². The van der Waals surface area contributed by atoms with Crippen molar-refractivity contribution in [3.8, 4) is 5.75 Å². The van der Waals surface area contributed by atoms with Crippen molar-refractivity contribution in [3.63, 3.8) is 0 Å². The van der Waals surface area contributed by atoms with E-state index in [1.807, 2.05) is 32.0 Å². The third-order valence-corrected chi connectivity index (χ3v) is 5.38. The number of nitrogens with zero attached hydrogens (tertiary/aromatic N) is 1. The molecule has 0 saturated heterocycles. The second-order valence-electron chi connectivity index (χ2n) is 8.52. The molecule has 0 aliphatic rings. The van der Waals surface area contributed by atoms with Crippen LogP contribution in [0.1, 0.15) is 27.8 Å². The Morgan fingerprint density at radius 3 is 2.14 bits per heavy atom. The van der Waals surface area contributed by atoms with Gasteiger partial charge in [0.2, 0.25) is 0 Å². The van der Waals surface area contributed by atoms with E-state index in [0.717, 1.165) is 27.7 Å². The Bertz CT molecular complexity index is 1170. The van der Waals surface area contributed by atoms with E-state index in [-0.39, 0.29) is 23.9 Å². The lowest BCUT2D eigenvalue weighted by atomic mass is 10.1. The molecule has 0 heterocycles. The van der Waals surface area contributed by atoms with Gasteiger partial charge in [0.1, 0.15) is 18.2 Å². The first-order valence-corrected chi connectivity index (χ1v) is 10.9. The number of ether oxygens (including phenoxy) is 1. The molecule has 194 valence electrons. The molecule has 0 aliphatic carbocycles. The summed E-state index contributed by atoms with van der Waals surface area (Å²) in [5.41, 5.74) is 1.64. The maximum atomic E-state index is 14.4. The van der Waals surface area contributed by atoms with Crippen LogP contribution in [0, 0.1) is 19.7 Å². The van der Waals surface area contributed by atoms with Crippen LogP contribution in [0.5, 0.6) is 5.75 Å². The first-order valence-electron chi connectivity index (χ1n) is 10.9. The molecular weight excluding hydrogens is 491 g/mol. The van der Waals surface area contributed by atoms with Gasteiger partial charge in [-0.15, -0.1) is 0 Å². The van der Waals surface area contributed by atoms with E-state index in [1.54, 1.807) is 6.07 Å². The monoisotopic (exact) mass is 515 g/mol. The average molecular weight is 515 g/mol. The van der Waals surface area contributed by atoms with E-state index in [4.69, 9.17) is 4.74 Å². The second kappa shape index (κ2) is 10.8. The summed E-state index contributed by atoms with van der Waals surface area (Å²) in [6, 6.07) is 13.6. The van der Waals surface area contributed by atoms with Crippen molar-refractivity contribution in [2.75, 3.05) is 11.4 Å². The Kier molecular flexibility index (Phi) is 8.18. The van der Waals surface area contributed by atoms with E-state index < -0.39 is 42.9 Å². The van der Waals surface area contributed by atoms with E-state index >= 15 is 0 Å². The van der Waals surface area contributed by atoms with Crippen LogP contribution < -0.4 is 9.64 Å². The molecule has 0 amide bonds. The molecule has 1 atom stereocenters. The van der Waals surface area contributed by atoms with E-state index in [9.17, 15) is 35.8 Å². The largest absolute Gasteiger partial charge is 0.489 e. The molecule has 0 aromatic heterocycles. The fourth-order valence-corrected chi connectivity index (χ4v) is 3.72. The SMILES string of the molecule is Cc1cc(C)cc(COc2cccc(N(Cc3ccc(C(F)(F)F)cc3F)CC(O)C(F)(F)F)c2)c1. The third kappa shape index (κ3) is 7.36. The van der Waals surface area contributed by atoms with Crippen LogP contribution in [-0.4, -0.2) is 23.9 Å². The zero-order valence-electron chi connectivity index (χ0n) is 19.4. The highest BCUT2D eigenvalue weighted by molar-refractivity contribution is 5.51. The number of hydrogen-bond donors (Lipinski definition) is 1. The Labute approximate surface area is 203 Å². The van der Waals surface area contributed by atoms with Gasteiger partial charge in [0.25, 0.3) is 0 Å². The summed E-state index contributed by atoms with van der Waals surface area (Å²) in [7, 11) is 0. The van der Waals surface area contributed by atoms with Gasteiger partial charge in [-0.2, -0.15) is 26.3 Å². The highest BCUT2D eigenvalue weighted by Crippen LogP contribution is 2.32. The number of alkyl halides is 6. The Morgan fingerprint density at radius 2 is 1.56 bits per heavy atom. The number of aryl methyl sites for hydroxylation is 2. The molecule has 0 saturated carbocycles. The van der Waals surface area contributed by atoms with Gasteiger partial charge in [-0.25, -0.2) is 4.39 Å². The van der Waals surface area contributed by atoms with Crippen LogP contribution in [0.2, 0.25) is 0 Å². The molecule has 3 rings (SSSR count). The molecular formula is C26H24F7NO2. The molecule has 10 heteroatoms. The van der Waals surface area contributed by atoms with Crippen molar-refractivity contribution >= 4 is 5.69 Å². The summed E-state index contributed by atoms with van der Waals surface area (Å²) in [6.45, 7) is 2.56. The number of benzene rings is 3. The van der Waals surface area contributed by atoms with Crippen LogP contribution in [0.3, 0.4) is 0 Å². The number of rotatable bonds is 8. The lowest BCUT2D eigenvalue weighted by molar-refractivity contribution is -0.200. The lowest BCUT2D eigenvalue weighted by Crippen LogP contribution is -2.41. The van der Waals surface area contributed by atoms with Gasteiger partial charge in [-0.3, -0.25) is 0 Å². The fraction of sp³-hybridized carbons (Fsp3) is 0.308. The highest BCUT2D eigenvalue weighted by Gasteiger charge is 2.39.